The second-order valence-electron chi connectivity index (χ2n) is 3.95. The molecule has 0 aliphatic rings. The molecule has 0 aliphatic heterocycles. The molecule has 1 aromatic heterocycles. The maximum atomic E-state index is 11.3. The summed E-state index contributed by atoms with van der Waals surface area (Å²) < 4.78 is 38.4. The molecule has 102 valence electrons. The minimum atomic E-state index is -4.82. The maximum absolute atomic E-state index is 11.3. The fourth-order valence-electron chi connectivity index (χ4n) is 1.94. The van der Waals surface area contributed by atoms with Gasteiger partial charge >= 0.3 is 51.4 Å². The zero-order chi connectivity index (χ0) is 14.5. The minimum absolute atomic E-state index is 0. The maximum Gasteiger partial charge on any atom is 1.00 e. The standard InChI is InChI=1S/C10H5N3O6S.K/c14-13(15)5-1-2-6-7(3-5)9(20(16,17)18)4-8-10(6)12-19-11-8;/h1-4H,(H,16,17,18);/q;+1/p-1. The van der Waals surface area contributed by atoms with Crippen LogP contribution in [0, 0.1) is 10.1 Å². The van der Waals surface area contributed by atoms with E-state index in [0.717, 1.165) is 12.1 Å². The number of nitrogens with zero attached hydrogens (tertiary/aromatic N) is 3. The van der Waals surface area contributed by atoms with E-state index in [9.17, 15) is 23.1 Å². The Morgan fingerprint density at radius 2 is 1.86 bits per heavy atom. The van der Waals surface area contributed by atoms with Gasteiger partial charge in [0.15, 0.2) is 0 Å². The fraction of sp³-hybridized carbons (Fsp3) is 0. The van der Waals surface area contributed by atoms with E-state index in [-0.39, 0.29) is 78.9 Å². The molecule has 9 nitrogen and oxygen atoms in total. The van der Waals surface area contributed by atoms with Crippen LogP contribution >= 0.6 is 0 Å². The molecule has 0 N–H and O–H groups in total. The van der Waals surface area contributed by atoms with Gasteiger partial charge in [-0.05, 0) is 22.4 Å². The Morgan fingerprint density at radius 1 is 1.14 bits per heavy atom. The Labute approximate surface area is 159 Å². The predicted octanol–water partition coefficient (Wildman–Crippen LogP) is -1.81. The molecular weight excluding hydrogens is 329 g/mol. The van der Waals surface area contributed by atoms with Crippen LogP contribution in [0.5, 0.6) is 0 Å². The van der Waals surface area contributed by atoms with Crippen molar-refractivity contribution in [3.63, 3.8) is 0 Å². The van der Waals surface area contributed by atoms with Crippen molar-refractivity contribution in [2.24, 2.45) is 0 Å². The number of non-ortho nitro benzene ring substituents is 1. The van der Waals surface area contributed by atoms with E-state index in [1.807, 2.05) is 0 Å². The summed E-state index contributed by atoms with van der Waals surface area (Å²) in [6.07, 6.45) is 0. The first-order valence-corrected chi connectivity index (χ1v) is 6.58. The average Bonchev–Trinajstić information content (AvgIpc) is 2.84. The number of rotatable bonds is 2. The van der Waals surface area contributed by atoms with Crippen molar-refractivity contribution in [2.45, 2.75) is 4.90 Å². The Balaban J connectivity index is 0.00000161. The van der Waals surface area contributed by atoms with Gasteiger partial charge in [-0.1, -0.05) is 0 Å². The van der Waals surface area contributed by atoms with Crippen LogP contribution in [0.3, 0.4) is 0 Å². The van der Waals surface area contributed by atoms with Gasteiger partial charge in [0.05, 0.1) is 9.82 Å². The van der Waals surface area contributed by atoms with Gasteiger partial charge in [0.25, 0.3) is 5.69 Å². The van der Waals surface area contributed by atoms with Gasteiger partial charge in [-0.3, -0.25) is 10.1 Å². The zero-order valence-corrected chi connectivity index (χ0v) is 14.4. The van der Waals surface area contributed by atoms with Gasteiger partial charge in [0.1, 0.15) is 21.2 Å². The monoisotopic (exact) mass is 333 g/mol. The first kappa shape index (κ1) is 16.4. The first-order valence-electron chi connectivity index (χ1n) is 5.17. The smallest absolute Gasteiger partial charge is 0.744 e. The molecule has 0 bridgehead atoms. The van der Waals surface area contributed by atoms with Gasteiger partial charge in [-0.2, -0.15) is 0 Å². The number of nitro benzene ring substituents is 1. The summed E-state index contributed by atoms with van der Waals surface area (Å²) >= 11 is 0. The second kappa shape index (κ2) is 5.68. The third-order valence-corrected chi connectivity index (χ3v) is 3.66. The van der Waals surface area contributed by atoms with E-state index in [2.05, 4.69) is 14.9 Å². The molecule has 1 heterocycles. The van der Waals surface area contributed by atoms with E-state index in [0.29, 0.717) is 0 Å². The van der Waals surface area contributed by atoms with E-state index in [1.165, 1.54) is 12.1 Å². The summed E-state index contributed by atoms with van der Waals surface area (Å²) in [5, 5.41) is 18.0. The number of aromatic nitrogens is 2. The summed E-state index contributed by atoms with van der Waals surface area (Å²) in [5.74, 6) is 0. The summed E-state index contributed by atoms with van der Waals surface area (Å²) in [7, 11) is -4.82. The molecule has 0 aliphatic carbocycles. The number of hydrogen-bond donors (Lipinski definition) is 0. The van der Waals surface area contributed by atoms with Crippen LogP contribution in [-0.4, -0.2) is 28.2 Å². The predicted molar refractivity (Wildman–Crippen MR) is 63.9 cm³/mol. The van der Waals surface area contributed by atoms with E-state index < -0.39 is 19.9 Å². The Bertz CT molecular complexity index is 967. The van der Waals surface area contributed by atoms with Crippen molar-refractivity contribution in [3.8, 4) is 0 Å². The van der Waals surface area contributed by atoms with Crippen LogP contribution in [0.1, 0.15) is 0 Å². The Kier molecular flexibility index (Phi) is 4.44. The normalized spacial score (nSPS) is 11.5. The van der Waals surface area contributed by atoms with Crippen LogP contribution in [0.2, 0.25) is 0 Å². The molecule has 0 fully saturated rings. The van der Waals surface area contributed by atoms with Gasteiger partial charge < -0.3 is 4.55 Å². The fourth-order valence-corrected chi connectivity index (χ4v) is 2.64. The van der Waals surface area contributed by atoms with Crippen LogP contribution in [0.4, 0.5) is 5.69 Å². The molecule has 0 amide bonds. The molecule has 21 heavy (non-hydrogen) atoms. The van der Waals surface area contributed by atoms with Crippen LogP contribution < -0.4 is 51.4 Å². The molecule has 3 rings (SSSR count). The second-order valence-corrected chi connectivity index (χ2v) is 5.30. The Morgan fingerprint density at radius 3 is 2.48 bits per heavy atom. The largest absolute Gasteiger partial charge is 1.00 e. The van der Waals surface area contributed by atoms with Gasteiger partial charge in [0.2, 0.25) is 0 Å². The summed E-state index contributed by atoms with van der Waals surface area (Å²) in [4.78, 5) is 9.46. The topological polar surface area (TPSA) is 139 Å². The minimum Gasteiger partial charge on any atom is -0.744 e. The third-order valence-electron chi connectivity index (χ3n) is 2.79. The molecule has 0 unspecified atom stereocenters. The number of benzene rings is 2. The summed E-state index contributed by atoms with van der Waals surface area (Å²) in [5.41, 5.74) is -0.0266. The van der Waals surface area contributed by atoms with Crippen LogP contribution in [-0.2, 0) is 10.1 Å². The van der Waals surface area contributed by atoms with Gasteiger partial charge in [-0.15, -0.1) is 0 Å². The molecule has 0 radical (unpaired) electrons. The molecular formula is C10H4KN3O6S. The van der Waals surface area contributed by atoms with E-state index in [4.69, 9.17) is 0 Å². The van der Waals surface area contributed by atoms with Gasteiger partial charge in [-0.25, -0.2) is 13.0 Å². The van der Waals surface area contributed by atoms with Crippen molar-refractivity contribution in [2.75, 3.05) is 0 Å². The molecule has 0 saturated carbocycles. The van der Waals surface area contributed by atoms with E-state index in [1.54, 1.807) is 0 Å². The third kappa shape index (κ3) is 2.85. The quantitative estimate of drug-likeness (QED) is 0.231. The average molecular weight is 333 g/mol. The van der Waals surface area contributed by atoms with Crippen molar-refractivity contribution in [1.82, 2.24) is 10.3 Å². The molecule has 0 atom stereocenters. The van der Waals surface area contributed by atoms with Crippen molar-refractivity contribution in [3.05, 3.63) is 34.4 Å². The SMILES string of the molecule is O=[N+]([O-])c1ccc2c(c1)c(S(=O)(=O)[O-])cc1nonc12.[K+]. The van der Waals surface area contributed by atoms with Crippen molar-refractivity contribution in [1.29, 1.82) is 0 Å². The van der Waals surface area contributed by atoms with Gasteiger partial charge in [0, 0.05) is 22.9 Å². The molecule has 0 spiro atoms. The molecule has 11 heteroatoms. The molecule has 2 aromatic carbocycles. The van der Waals surface area contributed by atoms with Crippen molar-refractivity contribution < 1.29 is 73.9 Å². The Hall–Kier alpha value is -0.954. The van der Waals surface area contributed by atoms with E-state index >= 15 is 0 Å². The zero-order valence-electron chi connectivity index (χ0n) is 10.5. The number of nitro groups is 1. The summed E-state index contributed by atoms with van der Waals surface area (Å²) in [6, 6.07) is 4.47. The molecule has 3 aromatic rings. The number of hydrogen-bond acceptors (Lipinski definition) is 8. The molecule has 0 saturated heterocycles. The van der Waals surface area contributed by atoms with Crippen LogP contribution in [0.15, 0.2) is 33.8 Å². The van der Waals surface area contributed by atoms with Crippen molar-refractivity contribution >= 4 is 37.6 Å². The number of fused-ring (bicyclic) bond motifs is 3. The first-order chi connectivity index (χ1) is 9.38. The van der Waals surface area contributed by atoms with Crippen LogP contribution in [0.25, 0.3) is 21.8 Å². The summed E-state index contributed by atoms with van der Waals surface area (Å²) in [6.45, 7) is 0.